The molecule has 0 radical (unpaired) electrons. The molecule has 1 aliphatic heterocycles. The largest absolute Gasteiger partial charge is 0.384 e. The summed E-state index contributed by atoms with van der Waals surface area (Å²) < 4.78 is 12.3. The third-order valence-corrected chi connectivity index (χ3v) is 4.82. The van der Waals surface area contributed by atoms with E-state index < -0.39 is 10.8 Å². The van der Waals surface area contributed by atoms with Crippen molar-refractivity contribution in [3.05, 3.63) is 24.3 Å². The molecule has 2 rings (SSSR count). The molecule has 0 saturated carbocycles. The summed E-state index contributed by atoms with van der Waals surface area (Å²) in [6.45, 7) is 5.15. The molecule has 0 bridgehead atoms. The molecule has 0 fully saturated rings. The molecule has 2 nitrogen and oxygen atoms in total. The van der Waals surface area contributed by atoms with Gasteiger partial charge in [-0.3, -0.25) is 4.21 Å². The van der Waals surface area contributed by atoms with Crippen LogP contribution in [0.2, 0.25) is 0 Å². The normalized spacial score (nSPS) is 24.5. The standard InChI is InChI=1S/C12H17NOS/c1-12(2)8-5-9-13-10-6-3-4-7-11(10)15(12)14/h3-4,6-7,13H,5,8-9H2,1-2H3. The first-order valence-corrected chi connectivity index (χ1v) is 6.51. The molecule has 1 heterocycles. The molecule has 0 aromatic heterocycles. The maximum Gasteiger partial charge on any atom is 0.0624 e. The molecule has 1 N–H and O–H groups in total. The number of nitrogens with one attached hydrogen (secondary N) is 1. The van der Waals surface area contributed by atoms with Crippen molar-refractivity contribution in [1.82, 2.24) is 0 Å². The Labute approximate surface area is 93.5 Å². The first-order valence-electron chi connectivity index (χ1n) is 5.36. The van der Waals surface area contributed by atoms with Gasteiger partial charge in [-0.1, -0.05) is 12.1 Å². The maximum atomic E-state index is 12.4. The summed E-state index contributed by atoms with van der Waals surface area (Å²) in [5.74, 6) is 0. The minimum atomic E-state index is -0.916. The lowest BCUT2D eigenvalue weighted by atomic mass is 10.1. The van der Waals surface area contributed by atoms with E-state index in [2.05, 4.69) is 19.2 Å². The van der Waals surface area contributed by atoms with Gasteiger partial charge < -0.3 is 5.32 Å². The summed E-state index contributed by atoms with van der Waals surface area (Å²) in [4.78, 5) is 0.946. The Morgan fingerprint density at radius 1 is 1.33 bits per heavy atom. The highest BCUT2D eigenvalue weighted by Crippen LogP contribution is 2.31. The number of rotatable bonds is 0. The second kappa shape index (κ2) is 3.97. The van der Waals surface area contributed by atoms with Crippen molar-refractivity contribution in [2.45, 2.75) is 36.3 Å². The van der Waals surface area contributed by atoms with E-state index in [4.69, 9.17) is 0 Å². The highest BCUT2D eigenvalue weighted by molar-refractivity contribution is 7.86. The highest BCUT2D eigenvalue weighted by Gasteiger charge is 2.29. The van der Waals surface area contributed by atoms with Gasteiger partial charge in [-0.2, -0.15) is 0 Å². The summed E-state index contributed by atoms with van der Waals surface area (Å²) in [6.07, 6.45) is 2.08. The Morgan fingerprint density at radius 3 is 2.87 bits per heavy atom. The molecule has 0 amide bonds. The Kier molecular flexibility index (Phi) is 2.83. The molecule has 1 unspecified atom stereocenters. The van der Waals surface area contributed by atoms with Gasteiger partial charge in [0, 0.05) is 11.3 Å². The Balaban J connectivity index is 2.46. The summed E-state index contributed by atoms with van der Waals surface area (Å²) in [7, 11) is -0.916. The van der Waals surface area contributed by atoms with Crippen LogP contribution in [-0.4, -0.2) is 15.5 Å². The van der Waals surface area contributed by atoms with Crippen LogP contribution in [0.5, 0.6) is 0 Å². The highest BCUT2D eigenvalue weighted by atomic mass is 32.2. The van der Waals surface area contributed by atoms with Crippen molar-refractivity contribution in [2.75, 3.05) is 11.9 Å². The fourth-order valence-electron chi connectivity index (χ4n) is 1.90. The molecule has 15 heavy (non-hydrogen) atoms. The first-order chi connectivity index (χ1) is 7.11. The summed E-state index contributed by atoms with van der Waals surface area (Å²) in [5, 5.41) is 3.34. The van der Waals surface area contributed by atoms with Gasteiger partial charge in [-0.15, -0.1) is 0 Å². The van der Waals surface area contributed by atoms with Crippen molar-refractivity contribution >= 4 is 16.5 Å². The first kappa shape index (κ1) is 10.7. The minimum Gasteiger partial charge on any atom is -0.384 e. The van der Waals surface area contributed by atoms with Gasteiger partial charge in [-0.25, -0.2) is 0 Å². The van der Waals surface area contributed by atoms with Crippen LogP contribution in [-0.2, 0) is 10.8 Å². The molecule has 1 atom stereocenters. The summed E-state index contributed by atoms with van der Waals surface area (Å²) >= 11 is 0. The number of benzene rings is 1. The van der Waals surface area contributed by atoms with Crippen LogP contribution in [0, 0.1) is 0 Å². The second-order valence-corrected chi connectivity index (χ2v) is 6.64. The van der Waals surface area contributed by atoms with Gasteiger partial charge in [0.25, 0.3) is 0 Å². The predicted octanol–water partition coefficient (Wildman–Crippen LogP) is 2.78. The van der Waals surface area contributed by atoms with E-state index in [9.17, 15) is 4.21 Å². The molecule has 0 aliphatic carbocycles. The fraction of sp³-hybridized carbons (Fsp3) is 0.500. The van der Waals surface area contributed by atoms with Crippen LogP contribution in [0.3, 0.4) is 0 Å². The number of hydrogen-bond donors (Lipinski definition) is 1. The summed E-state index contributed by atoms with van der Waals surface area (Å²) in [6, 6.07) is 7.91. The molecule has 82 valence electrons. The van der Waals surface area contributed by atoms with E-state index in [1.54, 1.807) is 0 Å². The summed E-state index contributed by atoms with van der Waals surface area (Å²) in [5.41, 5.74) is 1.03. The van der Waals surface area contributed by atoms with Crippen LogP contribution < -0.4 is 5.32 Å². The topological polar surface area (TPSA) is 29.1 Å². The van der Waals surface area contributed by atoms with E-state index in [1.165, 1.54) is 0 Å². The van der Waals surface area contributed by atoms with Crippen LogP contribution in [0.25, 0.3) is 0 Å². The number of anilines is 1. The molecular weight excluding hydrogens is 206 g/mol. The van der Waals surface area contributed by atoms with Crippen LogP contribution in [0.15, 0.2) is 29.2 Å². The van der Waals surface area contributed by atoms with Crippen molar-refractivity contribution in [3.63, 3.8) is 0 Å². The van der Waals surface area contributed by atoms with Gasteiger partial charge >= 0.3 is 0 Å². The lowest BCUT2D eigenvalue weighted by Gasteiger charge is -2.28. The zero-order valence-corrected chi connectivity index (χ0v) is 10.1. The van der Waals surface area contributed by atoms with Gasteiger partial charge in [0.2, 0.25) is 0 Å². The van der Waals surface area contributed by atoms with E-state index in [0.29, 0.717) is 0 Å². The lowest BCUT2D eigenvalue weighted by Crippen LogP contribution is -2.29. The molecule has 0 saturated heterocycles. The number of hydrogen-bond acceptors (Lipinski definition) is 2. The third-order valence-electron chi connectivity index (χ3n) is 2.86. The zero-order valence-electron chi connectivity index (χ0n) is 9.25. The third kappa shape index (κ3) is 2.07. The second-order valence-electron chi connectivity index (χ2n) is 4.55. The van der Waals surface area contributed by atoms with E-state index in [1.807, 2.05) is 24.3 Å². The van der Waals surface area contributed by atoms with Crippen molar-refractivity contribution in [3.8, 4) is 0 Å². The zero-order chi connectivity index (χ0) is 10.9. The smallest absolute Gasteiger partial charge is 0.0624 e. The van der Waals surface area contributed by atoms with E-state index in [-0.39, 0.29) is 4.75 Å². The molecule has 1 aliphatic rings. The Hall–Kier alpha value is -0.830. The van der Waals surface area contributed by atoms with Gasteiger partial charge in [0.15, 0.2) is 0 Å². The number of fused-ring (bicyclic) bond motifs is 1. The van der Waals surface area contributed by atoms with Gasteiger partial charge in [-0.05, 0) is 38.8 Å². The minimum absolute atomic E-state index is 0.113. The van der Waals surface area contributed by atoms with E-state index >= 15 is 0 Å². The molecule has 1 aromatic carbocycles. The van der Waals surface area contributed by atoms with Gasteiger partial charge in [0.05, 0.1) is 21.4 Å². The lowest BCUT2D eigenvalue weighted by molar-refractivity contribution is 0.572. The van der Waals surface area contributed by atoms with Crippen LogP contribution in [0.1, 0.15) is 26.7 Å². The van der Waals surface area contributed by atoms with Crippen molar-refractivity contribution in [1.29, 1.82) is 0 Å². The monoisotopic (exact) mass is 223 g/mol. The SMILES string of the molecule is CC1(C)CCCNc2ccccc2S1=O. The quantitative estimate of drug-likeness (QED) is 0.732. The fourth-order valence-corrected chi connectivity index (χ4v) is 3.37. The Morgan fingerprint density at radius 2 is 2.07 bits per heavy atom. The molecule has 1 aromatic rings. The van der Waals surface area contributed by atoms with Crippen molar-refractivity contribution < 1.29 is 4.21 Å². The van der Waals surface area contributed by atoms with E-state index in [0.717, 1.165) is 30.0 Å². The predicted molar refractivity (Wildman–Crippen MR) is 64.7 cm³/mol. The van der Waals surface area contributed by atoms with Crippen LogP contribution in [0.4, 0.5) is 5.69 Å². The molecule has 3 heteroatoms. The molecular formula is C12H17NOS. The number of para-hydroxylation sites is 1. The Bertz CT molecular complexity index is 387. The average Bonchev–Trinajstić information content (AvgIpc) is 2.22. The van der Waals surface area contributed by atoms with Crippen LogP contribution >= 0.6 is 0 Å². The van der Waals surface area contributed by atoms with Gasteiger partial charge in [0.1, 0.15) is 0 Å². The average molecular weight is 223 g/mol. The van der Waals surface area contributed by atoms with Crippen molar-refractivity contribution in [2.24, 2.45) is 0 Å². The maximum absolute atomic E-state index is 12.4. The molecule has 0 spiro atoms.